The maximum atomic E-state index is 10.2. The molecule has 0 amide bonds. The number of rotatable bonds is 6. The first kappa shape index (κ1) is 13.6. The summed E-state index contributed by atoms with van der Waals surface area (Å²) in [6, 6.07) is 8.29. The first-order chi connectivity index (χ1) is 9.25. The Bertz CT molecular complexity index is 469. The number of carboxylic acids is 1. The van der Waals surface area contributed by atoms with Gasteiger partial charge < -0.3 is 15.2 Å². The number of nitrogens with one attached hydrogen (secondary N) is 1. The van der Waals surface area contributed by atoms with Gasteiger partial charge in [-0.05, 0) is 37.3 Å². The van der Waals surface area contributed by atoms with E-state index in [0.717, 1.165) is 43.8 Å². The van der Waals surface area contributed by atoms with E-state index in [4.69, 9.17) is 0 Å². The van der Waals surface area contributed by atoms with Gasteiger partial charge in [0, 0.05) is 24.6 Å². The molecule has 0 saturated heterocycles. The average Bonchev–Trinajstić information content (AvgIpc) is 2.42. The van der Waals surface area contributed by atoms with Crippen LogP contribution in [0.5, 0.6) is 0 Å². The fourth-order valence-corrected chi connectivity index (χ4v) is 2.22. The van der Waals surface area contributed by atoms with Crippen LogP contribution in [0.2, 0.25) is 0 Å². The van der Waals surface area contributed by atoms with Gasteiger partial charge in [0.1, 0.15) is 5.84 Å². The Labute approximate surface area is 113 Å². The Balaban J connectivity index is 1.72. The number of anilines is 1. The van der Waals surface area contributed by atoms with Crippen molar-refractivity contribution >= 4 is 17.5 Å². The highest BCUT2D eigenvalue weighted by molar-refractivity contribution is 5.98. The molecule has 102 valence electrons. The third-order valence-electron chi connectivity index (χ3n) is 3.27. The number of para-hydroxylation sites is 1. The lowest BCUT2D eigenvalue weighted by molar-refractivity contribution is -0.305. The predicted molar refractivity (Wildman–Crippen MR) is 74.2 cm³/mol. The maximum absolute atomic E-state index is 10.2. The van der Waals surface area contributed by atoms with Gasteiger partial charge >= 0.3 is 0 Å². The monoisotopic (exact) mass is 259 g/mol. The highest BCUT2D eigenvalue weighted by Gasteiger charge is 2.11. The van der Waals surface area contributed by atoms with Crippen LogP contribution in [0.1, 0.15) is 37.7 Å². The number of carboxylic acid groups (broad SMARTS) is 1. The number of unbranched alkanes of at least 4 members (excludes halogenated alkanes) is 2. The summed E-state index contributed by atoms with van der Waals surface area (Å²) >= 11 is 0. The Kier molecular flexibility index (Phi) is 4.95. The highest BCUT2D eigenvalue weighted by atomic mass is 16.4. The lowest BCUT2D eigenvalue weighted by Crippen LogP contribution is -2.21. The zero-order valence-electron chi connectivity index (χ0n) is 11.0. The number of aryl methyl sites for hydroxylation is 1. The highest BCUT2D eigenvalue weighted by Crippen LogP contribution is 2.21. The maximum Gasteiger partial charge on any atom is 0.101 e. The van der Waals surface area contributed by atoms with Crippen LogP contribution < -0.4 is 10.4 Å². The number of aliphatic imine (C=N–C) groups is 1. The number of benzene rings is 1. The molecule has 0 saturated carbocycles. The number of aliphatic carboxylic acids is 1. The van der Waals surface area contributed by atoms with E-state index < -0.39 is 5.97 Å². The first-order valence-corrected chi connectivity index (χ1v) is 6.84. The van der Waals surface area contributed by atoms with E-state index in [0.29, 0.717) is 6.42 Å². The van der Waals surface area contributed by atoms with E-state index in [1.165, 1.54) is 5.56 Å². The fraction of sp³-hybridized carbons (Fsp3) is 0.467. The van der Waals surface area contributed by atoms with Crippen molar-refractivity contribution in [3.63, 3.8) is 0 Å². The predicted octanol–water partition coefficient (Wildman–Crippen LogP) is 1.75. The van der Waals surface area contributed by atoms with E-state index in [1.54, 1.807) is 0 Å². The molecule has 0 atom stereocenters. The lowest BCUT2D eigenvalue weighted by Gasteiger charge is -2.19. The molecule has 0 bridgehead atoms. The van der Waals surface area contributed by atoms with E-state index in [1.807, 2.05) is 6.07 Å². The van der Waals surface area contributed by atoms with Crippen LogP contribution in [-0.4, -0.2) is 18.3 Å². The quantitative estimate of drug-likeness (QED) is 0.792. The summed E-state index contributed by atoms with van der Waals surface area (Å²) < 4.78 is 0. The molecule has 1 aliphatic heterocycles. The summed E-state index contributed by atoms with van der Waals surface area (Å²) in [5, 5.41) is 13.6. The standard InChI is InChI=1S/C15H20N2O2/c18-15(19)8-2-1-5-11-16-14-10-9-12-6-3-4-7-13(12)17-14/h3-4,6-7H,1-2,5,8-11H2,(H,16,17)(H,18,19)/p-1. The van der Waals surface area contributed by atoms with Gasteiger partial charge in [0.15, 0.2) is 0 Å². The number of hydrogen-bond acceptors (Lipinski definition) is 3. The Morgan fingerprint density at radius 1 is 1.21 bits per heavy atom. The number of fused-ring (bicyclic) bond motifs is 1. The molecule has 4 nitrogen and oxygen atoms in total. The number of amidine groups is 1. The number of carbonyl (C=O) groups is 1. The second-order valence-electron chi connectivity index (χ2n) is 4.79. The molecule has 0 aliphatic carbocycles. The van der Waals surface area contributed by atoms with Gasteiger partial charge in [-0.15, -0.1) is 0 Å². The van der Waals surface area contributed by atoms with Gasteiger partial charge in [-0.3, -0.25) is 4.99 Å². The summed E-state index contributed by atoms with van der Waals surface area (Å²) in [6.45, 7) is 0.761. The number of carbonyl (C=O) groups excluding carboxylic acids is 1. The zero-order valence-corrected chi connectivity index (χ0v) is 11.0. The minimum atomic E-state index is -0.961. The molecule has 1 heterocycles. The topological polar surface area (TPSA) is 64.5 Å². The van der Waals surface area contributed by atoms with Crippen LogP contribution in [0.15, 0.2) is 29.3 Å². The minimum Gasteiger partial charge on any atom is -0.550 e. The molecule has 1 aromatic carbocycles. The van der Waals surface area contributed by atoms with E-state index in [2.05, 4.69) is 28.5 Å². The van der Waals surface area contributed by atoms with Crippen molar-refractivity contribution in [2.75, 3.05) is 11.9 Å². The summed E-state index contributed by atoms with van der Waals surface area (Å²) in [7, 11) is 0. The smallest absolute Gasteiger partial charge is 0.101 e. The average molecular weight is 259 g/mol. The van der Waals surface area contributed by atoms with Crippen LogP contribution in [0.25, 0.3) is 0 Å². The van der Waals surface area contributed by atoms with Crippen molar-refractivity contribution in [2.45, 2.75) is 38.5 Å². The molecule has 0 unspecified atom stereocenters. The molecule has 0 aromatic heterocycles. The van der Waals surface area contributed by atoms with Crippen molar-refractivity contribution in [2.24, 2.45) is 4.99 Å². The van der Waals surface area contributed by atoms with Crippen molar-refractivity contribution in [1.29, 1.82) is 0 Å². The molecule has 19 heavy (non-hydrogen) atoms. The van der Waals surface area contributed by atoms with Gasteiger partial charge in [-0.1, -0.05) is 24.6 Å². The molecule has 1 N–H and O–H groups in total. The van der Waals surface area contributed by atoms with Crippen molar-refractivity contribution < 1.29 is 9.90 Å². The van der Waals surface area contributed by atoms with Crippen LogP contribution >= 0.6 is 0 Å². The summed E-state index contributed by atoms with van der Waals surface area (Å²) in [4.78, 5) is 14.8. The van der Waals surface area contributed by atoms with Gasteiger partial charge in [0.25, 0.3) is 0 Å². The summed E-state index contributed by atoms with van der Waals surface area (Å²) in [6.07, 6.45) is 4.65. The summed E-state index contributed by atoms with van der Waals surface area (Å²) in [5.74, 6) is 0.0791. The molecule has 2 rings (SSSR count). The molecule has 1 aromatic rings. The van der Waals surface area contributed by atoms with Gasteiger partial charge in [0.2, 0.25) is 0 Å². The Morgan fingerprint density at radius 2 is 2.05 bits per heavy atom. The first-order valence-electron chi connectivity index (χ1n) is 6.84. The molecular weight excluding hydrogens is 240 g/mol. The fourth-order valence-electron chi connectivity index (χ4n) is 2.22. The number of hydrogen-bond donors (Lipinski definition) is 1. The van der Waals surface area contributed by atoms with Gasteiger partial charge in [0.05, 0.1) is 0 Å². The Morgan fingerprint density at radius 3 is 2.89 bits per heavy atom. The minimum absolute atomic E-state index is 0.155. The molecule has 0 fully saturated rings. The second-order valence-corrected chi connectivity index (χ2v) is 4.79. The van der Waals surface area contributed by atoms with Gasteiger partial charge in [-0.25, -0.2) is 0 Å². The molecule has 0 radical (unpaired) electrons. The van der Waals surface area contributed by atoms with Crippen LogP contribution in [0.4, 0.5) is 5.69 Å². The van der Waals surface area contributed by atoms with Crippen LogP contribution in [0, 0.1) is 0 Å². The molecule has 4 heteroatoms. The van der Waals surface area contributed by atoms with Crippen molar-refractivity contribution in [3.05, 3.63) is 29.8 Å². The van der Waals surface area contributed by atoms with Crippen LogP contribution in [0.3, 0.4) is 0 Å². The third kappa shape index (κ3) is 4.39. The summed E-state index contributed by atoms with van der Waals surface area (Å²) in [5.41, 5.74) is 2.50. The van der Waals surface area contributed by atoms with E-state index in [9.17, 15) is 9.90 Å². The number of nitrogens with zero attached hydrogens (tertiary/aromatic N) is 1. The third-order valence-corrected chi connectivity index (χ3v) is 3.27. The second kappa shape index (κ2) is 6.92. The molecule has 0 spiro atoms. The normalized spacial score (nSPS) is 15.9. The van der Waals surface area contributed by atoms with E-state index >= 15 is 0 Å². The SMILES string of the molecule is O=C([O-])CCCCCN=C1CCc2ccccc2N1. The van der Waals surface area contributed by atoms with Crippen LogP contribution in [-0.2, 0) is 11.2 Å². The van der Waals surface area contributed by atoms with E-state index in [-0.39, 0.29) is 6.42 Å². The zero-order chi connectivity index (χ0) is 13.5. The Hall–Kier alpha value is -1.84. The van der Waals surface area contributed by atoms with Crippen molar-refractivity contribution in [3.8, 4) is 0 Å². The van der Waals surface area contributed by atoms with Crippen molar-refractivity contribution in [1.82, 2.24) is 0 Å². The van der Waals surface area contributed by atoms with Gasteiger partial charge in [-0.2, -0.15) is 0 Å². The largest absolute Gasteiger partial charge is 0.550 e. The lowest BCUT2D eigenvalue weighted by atomic mass is 10.0. The molecular formula is C15H19N2O2-. The molecule has 1 aliphatic rings.